The molecule has 0 unspecified atom stereocenters. The number of carbonyl (C=O) groups is 2. The van der Waals surface area contributed by atoms with Gasteiger partial charge < -0.3 is 10.0 Å². The van der Waals surface area contributed by atoms with E-state index in [4.69, 9.17) is 5.11 Å². The summed E-state index contributed by atoms with van der Waals surface area (Å²) in [6, 6.07) is -1.49. The first-order valence-electron chi connectivity index (χ1n) is 3.24. The van der Waals surface area contributed by atoms with E-state index in [1.54, 1.807) is 0 Å². The third-order valence-corrected chi connectivity index (χ3v) is 1.50. The quantitative estimate of drug-likeness (QED) is 0.703. The molecule has 0 aliphatic heterocycles. The van der Waals surface area contributed by atoms with Gasteiger partial charge in [0.1, 0.15) is 6.04 Å². The van der Waals surface area contributed by atoms with Crippen LogP contribution in [-0.2, 0) is 9.59 Å². The Bertz CT molecular complexity index is 226. The van der Waals surface area contributed by atoms with Crippen molar-refractivity contribution in [3.05, 3.63) is 0 Å². The van der Waals surface area contributed by atoms with Gasteiger partial charge in [0.2, 0.25) is 0 Å². The molecule has 0 aliphatic rings. The summed E-state index contributed by atoms with van der Waals surface area (Å²) in [7, 11) is 0.786. The Kier molecular flexibility index (Phi) is 3.27. The maximum absolute atomic E-state index is 11.7. The van der Waals surface area contributed by atoms with Crippen LogP contribution in [0.2, 0.25) is 0 Å². The minimum absolute atomic E-state index is 0.127. The summed E-state index contributed by atoms with van der Waals surface area (Å²) in [6.07, 6.45) is -5.03. The van der Waals surface area contributed by atoms with E-state index in [0.29, 0.717) is 0 Å². The molecule has 7 heteroatoms. The van der Waals surface area contributed by atoms with E-state index in [0.717, 1.165) is 14.0 Å². The molecule has 0 aromatic rings. The number of halogens is 3. The van der Waals surface area contributed by atoms with Gasteiger partial charge in [0, 0.05) is 7.05 Å². The second kappa shape index (κ2) is 3.63. The Morgan fingerprint density at radius 1 is 1.38 bits per heavy atom. The summed E-state index contributed by atoms with van der Waals surface area (Å²) >= 11 is 0. The zero-order valence-corrected chi connectivity index (χ0v) is 6.92. The van der Waals surface area contributed by atoms with Crippen LogP contribution >= 0.6 is 0 Å². The normalized spacial score (nSPS) is 13.6. The molecule has 0 saturated heterocycles. The second-order valence-corrected chi connectivity index (χ2v) is 2.43. The summed E-state index contributed by atoms with van der Waals surface area (Å²) in [6.45, 7) is 0.992. The zero-order valence-electron chi connectivity index (χ0n) is 6.92. The first-order chi connectivity index (χ1) is 5.68. The van der Waals surface area contributed by atoms with Crippen molar-refractivity contribution in [3.8, 4) is 0 Å². The minimum atomic E-state index is -5.03. The molecule has 1 atom stereocenters. The molecule has 0 radical (unpaired) electrons. The lowest BCUT2D eigenvalue weighted by atomic mass is 10.3. The number of alkyl halides is 3. The van der Waals surface area contributed by atoms with Crippen LogP contribution in [0.5, 0.6) is 0 Å². The lowest BCUT2D eigenvalue weighted by molar-refractivity contribution is -0.187. The molecule has 76 valence electrons. The van der Waals surface area contributed by atoms with Gasteiger partial charge in [-0.25, -0.2) is 4.79 Å². The molecule has 0 heterocycles. The van der Waals surface area contributed by atoms with E-state index in [-0.39, 0.29) is 4.90 Å². The Labute approximate surface area is 71.9 Å². The number of hydrogen-bond acceptors (Lipinski definition) is 2. The highest BCUT2D eigenvalue weighted by Crippen LogP contribution is 2.18. The zero-order chi connectivity index (χ0) is 10.8. The van der Waals surface area contributed by atoms with Crippen molar-refractivity contribution in [1.29, 1.82) is 0 Å². The molecule has 0 fully saturated rings. The van der Waals surface area contributed by atoms with Crippen LogP contribution in [-0.4, -0.2) is 41.1 Å². The van der Waals surface area contributed by atoms with Gasteiger partial charge in [-0.1, -0.05) is 0 Å². The lowest BCUT2D eigenvalue weighted by Crippen LogP contribution is -2.46. The highest BCUT2D eigenvalue weighted by Gasteiger charge is 2.43. The minimum Gasteiger partial charge on any atom is -0.480 e. The number of carbonyl (C=O) groups excluding carboxylic acids is 1. The molecule has 0 aliphatic carbocycles. The maximum Gasteiger partial charge on any atom is 0.471 e. The van der Waals surface area contributed by atoms with Gasteiger partial charge in [-0.2, -0.15) is 13.2 Å². The number of nitrogens with zero attached hydrogens (tertiary/aromatic N) is 1. The van der Waals surface area contributed by atoms with Crippen molar-refractivity contribution in [1.82, 2.24) is 4.90 Å². The topological polar surface area (TPSA) is 57.6 Å². The maximum atomic E-state index is 11.7. The van der Waals surface area contributed by atoms with Gasteiger partial charge >= 0.3 is 18.1 Å². The molecule has 0 saturated carbocycles. The van der Waals surface area contributed by atoms with Crippen LogP contribution in [0.25, 0.3) is 0 Å². The number of likely N-dealkylation sites (N-methyl/N-ethyl adjacent to an activating group) is 1. The van der Waals surface area contributed by atoms with Crippen LogP contribution in [0.4, 0.5) is 13.2 Å². The molecule has 13 heavy (non-hydrogen) atoms. The smallest absolute Gasteiger partial charge is 0.471 e. The third kappa shape index (κ3) is 2.92. The molecular formula is C6H8F3NO3. The van der Waals surface area contributed by atoms with Crippen molar-refractivity contribution < 1.29 is 27.9 Å². The van der Waals surface area contributed by atoms with E-state index in [9.17, 15) is 22.8 Å². The van der Waals surface area contributed by atoms with Crippen LogP contribution in [0.1, 0.15) is 6.92 Å². The fourth-order valence-electron chi connectivity index (χ4n) is 0.542. The van der Waals surface area contributed by atoms with Crippen molar-refractivity contribution in [2.75, 3.05) is 7.05 Å². The van der Waals surface area contributed by atoms with Crippen molar-refractivity contribution in [3.63, 3.8) is 0 Å². The predicted octanol–water partition coefficient (Wildman–Crippen LogP) is 0.480. The molecule has 0 bridgehead atoms. The fourth-order valence-corrected chi connectivity index (χ4v) is 0.542. The Morgan fingerprint density at radius 3 is 2.00 bits per heavy atom. The molecule has 0 rings (SSSR count). The molecule has 1 N–H and O–H groups in total. The van der Waals surface area contributed by atoms with E-state index >= 15 is 0 Å². The van der Waals surface area contributed by atoms with E-state index in [1.165, 1.54) is 0 Å². The number of rotatable bonds is 2. The highest BCUT2D eigenvalue weighted by atomic mass is 19.4. The first kappa shape index (κ1) is 11.7. The van der Waals surface area contributed by atoms with Crippen LogP contribution in [0.15, 0.2) is 0 Å². The van der Waals surface area contributed by atoms with Crippen molar-refractivity contribution in [2.45, 2.75) is 19.1 Å². The average Bonchev–Trinajstić information content (AvgIpc) is 1.98. The third-order valence-electron chi connectivity index (χ3n) is 1.50. The van der Waals surface area contributed by atoms with Gasteiger partial charge in [0.05, 0.1) is 0 Å². The molecular weight excluding hydrogens is 191 g/mol. The summed E-state index contributed by atoms with van der Waals surface area (Å²) in [5.74, 6) is -3.65. The van der Waals surface area contributed by atoms with Crippen molar-refractivity contribution >= 4 is 11.9 Å². The number of hydrogen-bond donors (Lipinski definition) is 1. The number of carboxylic acid groups (broad SMARTS) is 1. The average molecular weight is 199 g/mol. The Hall–Kier alpha value is -1.27. The number of carboxylic acids is 1. The lowest BCUT2D eigenvalue weighted by Gasteiger charge is -2.22. The summed E-state index contributed by atoms with van der Waals surface area (Å²) in [4.78, 5) is 20.8. The van der Waals surface area contributed by atoms with Gasteiger partial charge in [-0.3, -0.25) is 4.79 Å². The standard InChI is InChI=1S/C6H8F3NO3/c1-3(4(11)12)10(2)5(13)6(7,8)9/h3H,1-2H3,(H,11,12)/t3-/m1/s1. The summed E-state index contributed by atoms with van der Waals surface area (Å²) < 4.78 is 35.2. The largest absolute Gasteiger partial charge is 0.480 e. The fraction of sp³-hybridized carbons (Fsp3) is 0.667. The van der Waals surface area contributed by atoms with Gasteiger partial charge in [-0.05, 0) is 6.92 Å². The monoisotopic (exact) mass is 199 g/mol. The molecule has 4 nitrogen and oxygen atoms in total. The Morgan fingerprint density at radius 2 is 1.77 bits per heavy atom. The SMILES string of the molecule is C[C@H](C(=O)O)N(C)C(=O)C(F)(F)F. The van der Waals surface area contributed by atoms with Gasteiger partial charge in [0.25, 0.3) is 0 Å². The van der Waals surface area contributed by atoms with Crippen LogP contribution < -0.4 is 0 Å². The van der Waals surface area contributed by atoms with Crippen molar-refractivity contribution in [2.24, 2.45) is 0 Å². The number of amides is 1. The van der Waals surface area contributed by atoms with E-state index in [2.05, 4.69) is 0 Å². The van der Waals surface area contributed by atoms with E-state index < -0.39 is 24.1 Å². The summed E-state index contributed by atoms with van der Waals surface area (Å²) in [5, 5.41) is 8.31. The molecule has 0 aromatic heterocycles. The van der Waals surface area contributed by atoms with Crippen LogP contribution in [0, 0.1) is 0 Å². The number of aliphatic carboxylic acids is 1. The molecule has 0 spiro atoms. The van der Waals surface area contributed by atoms with Gasteiger partial charge in [-0.15, -0.1) is 0 Å². The first-order valence-corrected chi connectivity index (χ1v) is 3.24. The van der Waals surface area contributed by atoms with Crippen LogP contribution in [0.3, 0.4) is 0 Å². The summed E-state index contributed by atoms with van der Waals surface area (Å²) in [5.41, 5.74) is 0. The Balaban J connectivity index is 4.53. The second-order valence-electron chi connectivity index (χ2n) is 2.43. The molecule has 1 amide bonds. The van der Waals surface area contributed by atoms with Gasteiger partial charge in [0.15, 0.2) is 0 Å². The van der Waals surface area contributed by atoms with E-state index in [1.807, 2.05) is 0 Å². The molecule has 0 aromatic carbocycles. The predicted molar refractivity (Wildman–Crippen MR) is 35.9 cm³/mol. The highest BCUT2D eigenvalue weighted by molar-refractivity contribution is 5.86.